The monoisotopic (exact) mass is 872 g/mol. The molecule has 0 heterocycles. The second-order valence-corrected chi connectivity index (χ2v) is 18.6. The van der Waals surface area contributed by atoms with Gasteiger partial charge in [0.05, 0.1) is 25.2 Å². The van der Waals surface area contributed by atoms with Gasteiger partial charge in [0, 0.05) is 6.42 Å². The normalized spacial score (nSPS) is 13.4. The second-order valence-electron chi connectivity index (χ2n) is 18.6. The largest absolute Gasteiger partial charge is 0.462 e. The van der Waals surface area contributed by atoms with E-state index in [-0.39, 0.29) is 24.9 Å². The van der Waals surface area contributed by atoms with Gasteiger partial charge in [-0.15, -0.1) is 0 Å². The van der Waals surface area contributed by atoms with Crippen molar-refractivity contribution in [1.82, 2.24) is 5.32 Å². The van der Waals surface area contributed by atoms with E-state index >= 15 is 0 Å². The summed E-state index contributed by atoms with van der Waals surface area (Å²) in [4.78, 5) is 26.2. The third kappa shape index (κ3) is 44.7. The topological polar surface area (TPSA) is 95.9 Å². The van der Waals surface area contributed by atoms with Gasteiger partial charge in [0.2, 0.25) is 5.91 Å². The van der Waals surface area contributed by atoms with Crippen LogP contribution in [0.3, 0.4) is 0 Å². The number of allylic oxidation sites excluding steroid dienone is 6. The summed E-state index contributed by atoms with van der Waals surface area (Å²) < 4.78 is 5.94. The first-order valence-electron chi connectivity index (χ1n) is 27.2. The Labute approximate surface area is 385 Å². The Morgan fingerprint density at radius 2 is 0.871 bits per heavy atom. The van der Waals surface area contributed by atoms with Crippen LogP contribution in [0.2, 0.25) is 0 Å². The molecule has 3 atom stereocenters. The summed E-state index contributed by atoms with van der Waals surface area (Å²) in [5.74, 6) is -0.476. The van der Waals surface area contributed by atoms with E-state index in [1.54, 1.807) is 0 Å². The average molecular weight is 872 g/mol. The summed E-state index contributed by atoms with van der Waals surface area (Å²) in [6.45, 7) is 6.39. The van der Waals surface area contributed by atoms with E-state index in [9.17, 15) is 19.8 Å². The first kappa shape index (κ1) is 60.1. The Morgan fingerprint density at radius 3 is 1.32 bits per heavy atom. The minimum Gasteiger partial charge on any atom is -0.462 e. The highest BCUT2D eigenvalue weighted by Gasteiger charge is 2.24. The molecule has 0 aromatic heterocycles. The number of ether oxygens (including phenoxy) is 1. The molecule has 0 fully saturated rings. The summed E-state index contributed by atoms with van der Waals surface area (Å²) in [5, 5.41) is 23.8. The lowest BCUT2D eigenvalue weighted by molar-refractivity contribution is -0.151. The number of esters is 1. The molecule has 0 aliphatic rings. The van der Waals surface area contributed by atoms with E-state index in [2.05, 4.69) is 62.5 Å². The lowest BCUT2D eigenvalue weighted by Crippen LogP contribution is -2.46. The molecule has 0 radical (unpaired) electrons. The number of carbonyl (C=O) groups excluding carboxylic acids is 2. The number of nitrogens with one attached hydrogen (secondary N) is 1. The highest BCUT2D eigenvalue weighted by molar-refractivity contribution is 5.77. The molecule has 0 aliphatic heterocycles. The van der Waals surface area contributed by atoms with Gasteiger partial charge in [0.15, 0.2) is 0 Å². The Kier molecular flexibility index (Phi) is 48.5. The summed E-state index contributed by atoms with van der Waals surface area (Å²) in [5.41, 5.74) is 0. The Bertz CT molecular complexity index is 1020. The number of aliphatic hydroxyl groups excluding tert-OH is 2. The van der Waals surface area contributed by atoms with Gasteiger partial charge in [-0.25, -0.2) is 0 Å². The maximum Gasteiger partial charge on any atom is 0.306 e. The molecule has 364 valence electrons. The first-order chi connectivity index (χ1) is 30.5. The molecule has 0 rings (SSSR count). The molecule has 6 nitrogen and oxygen atoms in total. The quantitative estimate of drug-likeness (QED) is 0.0321. The van der Waals surface area contributed by atoms with Gasteiger partial charge in [-0.05, 0) is 57.8 Å². The average Bonchev–Trinajstić information content (AvgIpc) is 3.26. The third-order valence-electron chi connectivity index (χ3n) is 12.5. The molecule has 62 heavy (non-hydrogen) atoms. The molecular formula is C56H105NO5. The predicted molar refractivity (Wildman–Crippen MR) is 269 cm³/mol. The van der Waals surface area contributed by atoms with E-state index in [4.69, 9.17) is 4.74 Å². The number of aliphatic hydroxyl groups is 2. The van der Waals surface area contributed by atoms with Crippen LogP contribution in [-0.4, -0.2) is 46.9 Å². The lowest BCUT2D eigenvalue weighted by atomic mass is 10.0. The highest BCUT2D eigenvalue weighted by Crippen LogP contribution is 2.18. The van der Waals surface area contributed by atoms with E-state index < -0.39 is 18.2 Å². The number of hydrogen-bond acceptors (Lipinski definition) is 5. The zero-order chi connectivity index (χ0) is 45.2. The van der Waals surface area contributed by atoms with Gasteiger partial charge in [0.1, 0.15) is 6.10 Å². The zero-order valence-electron chi connectivity index (χ0n) is 41.5. The van der Waals surface area contributed by atoms with Crippen molar-refractivity contribution in [2.24, 2.45) is 0 Å². The molecule has 0 spiro atoms. The molecular weight excluding hydrogens is 767 g/mol. The van der Waals surface area contributed by atoms with Crippen LogP contribution < -0.4 is 5.32 Å². The molecule has 3 unspecified atom stereocenters. The van der Waals surface area contributed by atoms with Crippen LogP contribution in [0.1, 0.15) is 284 Å². The summed E-state index contributed by atoms with van der Waals surface area (Å²) in [6, 6.07) is -0.701. The zero-order valence-corrected chi connectivity index (χ0v) is 41.5. The van der Waals surface area contributed by atoms with Crippen molar-refractivity contribution in [3.63, 3.8) is 0 Å². The number of carbonyl (C=O) groups is 2. The maximum absolute atomic E-state index is 13.2. The molecule has 0 saturated carbocycles. The van der Waals surface area contributed by atoms with E-state index in [1.165, 1.54) is 167 Å². The van der Waals surface area contributed by atoms with Crippen LogP contribution in [0.15, 0.2) is 36.5 Å². The van der Waals surface area contributed by atoms with Gasteiger partial charge in [-0.2, -0.15) is 0 Å². The van der Waals surface area contributed by atoms with Crippen molar-refractivity contribution >= 4 is 11.9 Å². The Morgan fingerprint density at radius 1 is 0.484 bits per heavy atom. The van der Waals surface area contributed by atoms with E-state index in [1.807, 2.05) is 0 Å². The van der Waals surface area contributed by atoms with Crippen LogP contribution in [0.25, 0.3) is 0 Å². The van der Waals surface area contributed by atoms with Crippen LogP contribution >= 0.6 is 0 Å². The molecule has 0 saturated heterocycles. The van der Waals surface area contributed by atoms with Crippen molar-refractivity contribution in [3.05, 3.63) is 36.5 Å². The Hall–Kier alpha value is -1.92. The smallest absolute Gasteiger partial charge is 0.306 e. The van der Waals surface area contributed by atoms with Crippen LogP contribution in [0, 0.1) is 0 Å². The van der Waals surface area contributed by atoms with Gasteiger partial charge in [-0.3, -0.25) is 9.59 Å². The fourth-order valence-corrected chi connectivity index (χ4v) is 8.39. The van der Waals surface area contributed by atoms with Crippen LogP contribution in [0.5, 0.6) is 0 Å². The lowest BCUT2D eigenvalue weighted by Gasteiger charge is -2.24. The second kappa shape index (κ2) is 50.1. The summed E-state index contributed by atoms with van der Waals surface area (Å²) in [6.07, 6.45) is 59.2. The SMILES string of the molecule is CC/C=C/C/C=C/C/C=C/CCCCCCCCC(=O)OC(CCCCCCCCCCCCC)CC(=O)NC(CO)C(O)CCCCCCCCCCCCCCCCCC. The van der Waals surface area contributed by atoms with Gasteiger partial charge < -0.3 is 20.3 Å². The fourth-order valence-electron chi connectivity index (χ4n) is 8.39. The molecule has 0 aromatic carbocycles. The third-order valence-corrected chi connectivity index (χ3v) is 12.5. The van der Waals surface area contributed by atoms with Crippen LogP contribution in [0.4, 0.5) is 0 Å². The van der Waals surface area contributed by atoms with Gasteiger partial charge >= 0.3 is 5.97 Å². The fraction of sp³-hybridized carbons (Fsp3) is 0.857. The van der Waals surface area contributed by atoms with Crippen molar-refractivity contribution in [1.29, 1.82) is 0 Å². The van der Waals surface area contributed by atoms with Gasteiger partial charge in [0.25, 0.3) is 0 Å². The number of unbranched alkanes of at least 4 members (excludes halogenated alkanes) is 31. The van der Waals surface area contributed by atoms with Crippen molar-refractivity contribution < 1.29 is 24.5 Å². The molecule has 0 bridgehead atoms. The van der Waals surface area contributed by atoms with Crippen molar-refractivity contribution in [2.45, 2.75) is 302 Å². The van der Waals surface area contributed by atoms with Crippen molar-refractivity contribution in [2.75, 3.05) is 6.61 Å². The van der Waals surface area contributed by atoms with Crippen molar-refractivity contribution in [3.8, 4) is 0 Å². The number of hydrogen-bond donors (Lipinski definition) is 3. The molecule has 0 aliphatic carbocycles. The minimum absolute atomic E-state index is 0.0762. The first-order valence-corrected chi connectivity index (χ1v) is 27.2. The maximum atomic E-state index is 13.2. The Balaban J connectivity index is 4.48. The number of rotatable bonds is 49. The summed E-state index contributed by atoms with van der Waals surface area (Å²) in [7, 11) is 0. The predicted octanol–water partition coefficient (Wildman–Crippen LogP) is 16.5. The highest BCUT2D eigenvalue weighted by atomic mass is 16.5. The summed E-state index contributed by atoms with van der Waals surface area (Å²) >= 11 is 0. The van der Waals surface area contributed by atoms with E-state index in [0.29, 0.717) is 19.3 Å². The molecule has 3 N–H and O–H groups in total. The van der Waals surface area contributed by atoms with Crippen LogP contribution in [-0.2, 0) is 14.3 Å². The van der Waals surface area contributed by atoms with Gasteiger partial charge in [-0.1, -0.05) is 250 Å². The standard InChI is InChI=1S/C56H105NO5/c1-4-7-10-13-16-19-22-24-26-28-30-33-36-39-42-45-48-54(59)53(51-58)57-55(60)50-52(47-44-41-38-35-32-21-18-15-12-9-6-3)62-56(61)49-46-43-40-37-34-31-29-27-25-23-20-17-14-11-8-5-2/h8,11,17,20,25,27,52-54,58-59H,4-7,9-10,12-16,18-19,21-24,26,28-51H2,1-3H3,(H,57,60)/b11-8+,20-17+,27-25+. The minimum atomic E-state index is -0.787. The number of amides is 1. The molecule has 0 aromatic rings. The molecule has 1 amide bonds. The van der Waals surface area contributed by atoms with E-state index in [0.717, 1.165) is 70.6 Å². The molecule has 6 heteroatoms.